The monoisotopic (exact) mass is 352 g/mol. The highest BCUT2D eigenvalue weighted by molar-refractivity contribution is 7.90. The summed E-state index contributed by atoms with van der Waals surface area (Å²) in [7, 11) is -2.95. The average molecular weight is 353 g/mol. The zero-order chi connectivity index (χ0) is 16.9. The molecular formula is C15H17ClN4O2S. The lowest BCUT2D eigenvalue weighted by Gasteiger charge is -2.03. The summed E-state index contributed by atoms with van der Waals surface area (Å²) in [5.74, 6) is 0.117. The molecule has 122 valence electrons. The first-order chi connectivity index (χ1) is 10.9. The maximum Gasteiger partial charge on any atom is 0.147 e. The van der Waals surface area contributed by atoms with E-state index >= 15 is 0 Å². The lowest BCUT2D eigenvalue weighted by atomic mass is 10.1. The van der Waals surface area contributed by atoms with Gasteiger partial charge in [-0.1, -0.05) is 11.6 Å². The van der Waals surface area contributed by atoms with Gasteiger partial charge in [0.15, 0.2) is 0 Å². The third kappa shape index (κ3) is 5.30. The van der Waals surface area contributed by atoms with Crippen LogP contribution >= 0.6 is 11.6 Å². The molecule has 6 nitrogen and oxygen atoms in total. The summed E-state index contributed by atoms with van der Waals surface area (Å²) in [6.07, 6.45) is 6.39. The Balaban J connectivity index is 2.12. The molecule has 0 saturated carbocycles. The predicted molar refractivity (Wildman–Crippen MR) is 94.4 cm³/mol. The molecule has 0 amide bonds. The Hall–Kier alpha value is -1.99. The molecule has 0 aliphatic carbocycles. The van der Waals surface area contributed by atoms with Crippen LogP contribution in [0.2, 0.25) is 5.15 Å². The number of sulfone groups is 1. The van der Waals surface area contributed by atoms with Crippen molar-refractivity contribution in [2.45, 2.75) is 6.42 Å². The molecular weight excluding hydrogens is 336 g/mol. The predicted octanol–water partition coefficient (Wildman–Crippen LogP) is 2.09. The quantitative estimate of drug-likeness (QED) is 0.487. The maximum atomic E-state index is 11.0. The van der Waals surface area contributed by atoms with Gasteiger partial charge in [0.2, 0.25) is 0 Å². The van der Waals surface area contributed by atoms with Gasteiger partial charge in [0, 0.05) is 42.5 Å². The molecule has 2 aromatic heterocycles. The van der Waals surface area contributed by atoms with Crippen molar-refractivity contribution in [3.63, 3.8) is 0 Å². The first kappa shape index (κ1) is 17.4. The summed E-state index contributed by atoms with van der Waals surface area (Å²) in [5.41, 5.74) is 8.49. The molecule has 23 heavy (non-hydrogen) atoms. The standard InChI is InChI=1S/C15H17ClN4O2S/c1-23(21,22)6-2-5-18-9-12(8-17)11-7-14-13(19-10-11)3-4-15(16)20-14/h3-4,7-10H,2,5-6,17H2,1H3. The molecule has 0 fully saturated rings. The van der Waals surface area contributed by atoms with E-state index in [0.29, 0.717) is 29.2 Å². The van der Waals surface area contributed by atoms with Crippen molar-refractivity contribution in [1.82, 2.24) is 9.97 Å². The molecule has 0 unspecified atom stereocenters. The molecule has 0 atom stereocenters. The second-order valence-electron chi connectivity index (χ2n) is 5.04. The van der Waals surface area contributed by atoms with Crippen molar-refractivity contribution in [2.24, 2.45) is 10.7 Å². The lowest BCUT2D eigenvalue weighted by Crippen LogP contribution is -2.04. The lowest BCUT2D eigenvalue weighted by molar-refractivity contribution is 0.599. The Morgan fingerprint density at radius 1 is 1.39 bits per heavy atom. The number of nitrogens with zero attached hydrogens (tertiary/aromatic N) is 3. The third-order valence-corrected chi connectivity index (χ3v) is 4.29. The summed E-state index contributed by atoms with van der Waals surface area (Å²) in [4.78, 5) is 12.7. The van der Waals surface area contributed by atoms with Gasteiger partial charge in [-0.3, -0.25) is 9.98 Å². The fraction of sp³-hybridized carbons (Fsp3) is 0.267. The van der Waals surface area contributed by atoms with E-state index in [-0.39, 0.29) is 5.75 Å². The SMILES string of the molecule is CS(=O)(=O)CCCN=CC(=CN)c1cnc2ccc(Cl)nc2c1. The number of hydrogen-bond acceptors (Lipinski definition) is 6. The minimum atomic E-state index is -2.95. The van der Waals surface area contributed by atoms with E-state index in [0.717, 1.165) is 11.1 Å². The number of aromatic nitrogens is 2. The van der Waals surface area contributed by atoms with Gasteiger partial charge in [-0.05, 0) is 24.6 Å². The van der Waals surface area contributed by atoms with Crippen LogP contribution in [0.5, 0.6) is 0 Å². The van der Waals surface area contributed by atoms with Gasteiger partial charge in [0.25, 0.3) is 0 Å². The second-order valence-corrected chi connectivity index (χ2v) is 7.68. The molecule has 0 bridgehead atoms. The molecule has 8 heteroatoms. The van der Waals surface area contributed by atoms with Crippen molar-refractivity contribution in [2.75, 3.05) is 18.6 Å². The Bertz CT molecular complexity index is 863. The highest BCUT2D eigenvalue weighted by atomic mass is 35.5. The third-order valence-electron chi connectivity index (χ3n) is 3.05. The van der Waals surface area contributed by atoms with E-state index in [1.54, 1.807) is 24.5 Å². The van der Waals surface area contributed by atoms with Gasteiger partial charge in [0.05, 0.1) is 16.8 Å². The van der Waals surface area contributed by atoms with E-state index in [9.17, 15) is 8.42 Å². The van der Waals surface area contributed by atoms with Crippen molar-refractivity contribution in [1.29, 1.82) is 0 Å². The first-order valence-corrected chi connectivity index (χ1v) is 9.35. The van der Waals surface area contributed by atoms with Gasteiger partial charge in [0.1, 0.15) is 15.0 Å². The van der Waals surface area contributed by atoms with E-state index < -0.39 is 9.84 Å². The van der Waals surface area contributed by atoms with Crippen molar-refractivity contribution in [3.8, 4) is 0 Å². The molecule has 0 spiro atoms. The summed E-state index contributed by atoms with van der Waals surface area (Å²) < 4.78 is 22.1. The number of pyridine rings is 2. The van der Waals surface area contributed by atoms with E-state index in [1.807, 2.05) is 6.07 Å². The Morgan fingerprint density at radius 2 is 2.17 bits per heavy atom. The molecule has 2 aromatic rings. The summed E-state index contributed by atoms with van der Waals surface area (Å²) in [6, 6.07) is 5.30. The van der Waals surface area contributed by atoms with Gasteiger partial charge in [-0.25, -0.2) is 13.4 Å². The van der Waals surface area contributed by atoms with E-state index in [2.05, 4.69) is 15.0 Å². The number of halogens is 1. The maximum absolute atomic E-state index is 11.0. The fourth-order valence-corrected chi connectivity index (χ4v) is 2.74. The molecule has 0 radical (unpaired) electrons. The Labute approximate surface area is 140 Å². The molecule has 2 heterocycles. The average Bonchev–Trinajstić information content (AvgIpc) is 2.49. The summed E-state index contributed by atoms with van der Waals surface area (Å²) in [6.45, 7) is 0.412. The molecule has 0 saturated heterocycles. The molecule has 2 N–H and O–H groups in total. The zero-order valence-corrected chi connectivity index (χ0v) is 14.2. The highest BCUT2D eigenvalue weighted by Crippen LogP contribution is 2.18. The number of fused-ring (bicyclic) bond motifs is 1. The molecule has 2 rings (SSSR count). The largest absolute Gasteiger partial charge is 0.404 e. The van der Waals surface area contributed by atoms with Crippen LogP contribution in [0.4, 0.5) is 0 Å². The zero-order valence-electron chi connectivity index (χ0n) is 12.6. The van der Waals surface area contributed by atoms with Crippen LogP contribution in [-0.2, 0) is 9.84 Å². The van der Waals surface area contributed by atoms with Gasteiger partial charge >= 0.3 is 0 Å². The van der Waals surface area contributed by atoms with Crippen LogP contribution in [0.15, 0.2) is 35.6 Å². The number of aliphatic imine (C=N–C) groups is 1. The summed E-state index contributed by atoms with van der Waals surface area (Å²) >= 11 is 5.89. The minimum Gasteiger partial charge on any atom is -0.404 e. The Morgan fingerprint density at radius 3 is 2.87 bits per heavy atom. The van der Waals surface area contributed by atoms with E-state index in [1.165, 1.54) is 12.5 Å². The van der Waals surface area contributed by atoms with Crippen LogP contribution in [-0.4, -0.2) is 43.2 Å². The highest BCUT2D eigenvalue weighted by Gasteiger charge is 2.04. The number of allylic oxidation sites excluding steroid dienone is 1. The molecule has 0 aliphatic heterocycles. The number of nitrogens with two attached hydrogens (primary N) is 1. The summed E-state index contributed by atoms with van der Waals surface area (Å²) in [5, 5.41) is 0.393. The van der Waals surface area contributed by atoms with Gasteiger partial charge < -0.3 is 5.73 Å². The van der Waals surface area contributed by atoms with Crippen LogP contribution < -0.4 is 5.73 Å². The van der Waals surface area contributed by atoms with Crippen molar-refractivity contribution < 1.29 is 8.42 Å². The molecule has 0 aromatic carbocycles. The van der Waals surface area contributed by atoms with Gasteiger partial charge in [-0.2, -0.15) is 0 Å². The fourth-order valence-electron chi connectivity index (χ4n) is 1.93. The second kappa shape index (κ2) is 7.52. The first-order valence-electron chi connectivity index (χ1n) is 6.91. The van der Waals surface area contributed by atoms with Crippen LogP contribution in [0.1, 0.15) is 12.0 Å². The Kier molecular flexibility index (Phi) is 5.68. The van der Waals surface area contributed by atoms with Crippen LogP contribution in [0.3, 0.4) is 0 Å². The van der Waals surface area contributed by atoms with Gasteiger partial charge in [-0.15, -0.1) is 0 Å². The van der Waals surface area contributed by atoms with Crippen molar-refractivity contribution >= 4 is 44.3 Å². The van der Waals surface area contributed by atoms with Crippen LogP contribution in [0, 0.1) is 0 Å². The van der Waals surface area contributed by atoms with Crippen LogP contribution in [0.25, 0.3) is 16.6 Å². The number of hydrogen-bond donors (Lipinski definition) is 1. The molecule has 0 aliphatic rings. The topological polar surface area (TPSA) is 98.3 Å². The van der Waals surface area contributed by atoms with Crippen molar-refractivity contribution in [3.05, 3.63) is 41.3 Å². The smallest absolute Gasteiger partial charge is 0.147 e. The van der Waals surface area contributed by atoms with E-state index in [4.69, 9.17) is 17.3 Å². The number of rotatable bonds is 6. The normalized spacial score (nSPS) is 13.0. The minimum absolute atomic E-state index is 0.117.